The summed E-state index contributed by atoms with van der Waals surface area (Å²) in [6.45, 7) is 1.76. The van der Waals surface area contributed by atoms with Gasteiger partial charge >= 0.3 is 0 Å². The van der Waals surface area contributed by atoms with E-state index >= 15 is 0 Å². The summed E-state index contributed by atoms with van der Waals surface area (Å²) in [5.74, 6) is 0.853. The zero-order valence-corrected chi connectivity index (χ0v) is 17.3. The van der Waals surface area contributed by atoms with Crippen LogP contribution in [-0.2, 0) is 6.54 Å². The second kappa shape index (κ2) is 7.74. The van der Waals surface area contributed by atoms with Crippen molar-refractivity contribution in [3.8, 4) is 5.75 Å². The fraction of sp³-hybridized carbons (Fsp3) is 0.190. The Morgan fingerprint density at radius 2 is 1.93 bits per heavy atom. The molecule has 0 spiro atoms. The van der Waals surface area contributed by atoms with Gasteiger partial charge in [0.05, 0.1) is 13.2 Å². The summed E-state index contributed by atoms with van der Waals surface area (Å²) in [6.07, 6.45) is 2.13. The lowest BCUT2D eigenvalue weighted by Crippen LogP contribution is -2.44. The van der Waals surface area contributed by atoms with Crippen molar-refractivity contribution >= 4 is 38.9 Å². The molecule has 2 aromatic carbocycles. The van der Waals surface area contributed by atoms with E-state index in [1.54, 1.807) is 7.11 Å². The number of thiocarbonyl (C=S) groups is 1. The SMILES string of the molecule is COc1ccc([C@H]2c3cccn3CCN2C(=S)Nc2cccc(Br)c2)cc1. The molecule has 4 rings (SSSR count). The van der Waals surface area contributed by atoms with Crippen molar-refractivity contribution in [2.45, 2.75) is 12.6 Å². The molecule has 6 heteroatoms. The van der Waals surface area contributed by atoms with Gasteiger partial charge in [-0.1, -0.05) is 34.1 Å². The number of nitrogens with zero attached hydrogens (tertiary/aromatic N) is 2. The van der Waals surface area contributed by atoms with Crippen LogP contribution in [0.1, 0.15) is 17.3 Å². The number of rotatable bonds is 3. The minimum atomic E-state index is 0.0619. The van der Waals surface area contributed by atoms with Gasteiger partial charge in [-0.2, -0.15) is 0 Å². The van der Waals surface area contributed by atoms with E-state index in [-0.39, 0.29) is 6.04 Å². The Kier molecular flexibility index (Phi) is 5.18. The average Bonchev–Trinajstić information content (AvgIpc) is 3.16. The highest BCUT2D eigenvalue weighted by Gasteiger charge is 2.30. The van der Waals surface area contributed by atoms with E-state index in [4.69, 9.17) is 17.0 Å². The molecule has 1 aliphatic rings. The molecular weight excluding hydrogens is 422 g/mol. The summed E-state index contributed by atoms with van der Waals surface area (Å²) in [5.41, 5.74) is 3.41. The van der Waals surface area contributed by atoms with Gasteiger partial charge in [-0.05, 0) is 60.2 Å². The van der Waals surface area contributed by atoms with Crippen LogP contribution in [0.15, 0.2) is 71.3 Å². The lowest BCUT2D eigenvalue weighted by atomic mass is 10.00. The number of nitrogens with one attached hydrogen (secondary N) is 1. The fourth-order valence-electron chi connectivity index (χ4n) is 3.50. The van der Waals surface area contributed by atoms with Gasteiger partial charge in [0.25, 0.3) is 0 Å². The fourth-order valence-corrected chi connectivity index (χ4v) is 4.21. The third kappa shape index (κ3) is 3.73. The normalized spacial score (nSPS) is 15.9. The van der Waals surface area contributed by atoms with Crippen LogP contribution in [0.2, 0.25) is 0 Å². The molecule has 0 bridgehead atoms. The highest BCUT2D eigenvalue weighted by molar-refractivity contribution is 9.10. The van der Waals surface area contributed by atoms with Gasteiger partial charge in [-0.3, -0.25) is 0 Å². The van der Waals surface area contributed by atoms with Crippen molar-refractivity contribution < 1.29 is 4.74 Å². The van der Waals surface area contributed by atoms with E-state index in [0.717, 1.165) is 34.1 Å². The summed E-state index contributed by atoms with van der Waals surface area (Å²) >= 11 is 9.31. The summed E-state index contributed by atoms with van der Waals surface area (Å²) in [7, 11) is 1.68. The maximum atomic E-state index is 5.79. The van der Waals surface area contributed by atoms with Crippen LogP contribution < -0.4 is 10.1 Å². The van der Waals surface area contributed by atoms with Crippen LogP contribution >= 0.6 is 28.1 Å². The first-order chi connectivity index (χ1) is 13.2. The first-order valence-corrected chi connectivity index (χ1v) is 9.98. The Balaban J connectivity index is 1.66. The Morgan fingerprint density at radius 1 is 1.11 bits per heavy atom. The van der Waals surface area contributed by atoms with Gasteiger partial charge in [0.15, 0.2) is 5.11 Å². The van der Waals surface area contributed by atoms with Gasteiger partial charge < -0.3 is 19.5 Å². The van der Waals surface area contributed by atoms with Gasteiger partial charge in [0.2, 0.25) is 0 Å². The molecule has 4 nitrogen and oxygen atoms in total. The number of hydrogen-bond donors (Lipinski definition) is 1. The quantitative estimate of drug-likeness (QED) is 0.575. The minimum absolute atomic E-state index is 0.0619. The molecule has 0 saturated heterocycles. The number of fused-ring (bicyclic) bond motifs is 1. The van der Waals surface area contributed by atoms with Crippen LogP contribution in [0.3, 0.4) is 0 Å². The van der Waals surface area contributed by atoms with Crippen molar-refractivity contribution in [2.24, 2.45) is 0 Å². The second-order valence-corrected chi connectivity index (χ2v) is 7.74. The lowest BCUT2D eigenvalue weighted by molar-refractivity contribution is 0.293. The highest BCUT2D eigenvalue weighted by atomic mass is 79.9. The van der Waals surface area contributed by atoms with Gasteiger partial charge in [-0.15, -0.1) is 0 Å². The third-order valence-electron chi connectivity index (χ3n) is 4.81. The minimum Gasteiger partial charge on any atom is -0.497 e. The Hall–Kier alpha value is -2.31. The molecule has 0 unspecified atom stereocenters. The molecular formula is C21H20BrN3OS. The van der Waals surface area contributed by atoms with Crippen molar-refractivity contribution in [3.63, 3.8) is 0 Å². The molecule has 3 aromatic rings. The van der Waals surface area contributed by atoms with E-state index in [9.17, 15) is 0 Å². The number of ether oxygens (including phenoxy) is 1. The molecule has 0 amide bonds. The van der Waals surface area contributed by atoms with Crippen molar-refractivity contribution in [1.29, 1.82) is 0 Å². The van der Waals surface area contributed by atoms with Crippen LogP contribution in [0.25, 0.3) is 0 Å². The van der Waals surface area contributed by atoms with E-state index in [1.165, 1.54) is 11.3 Å². The molecule has 27 heavy (non-hydrogen) atoms. The first kappa shape index (κ1) is 18.1. The largest absolute Gasteiger partial charge is 0.497 e. The number of methoxy groups -OCH3 is 1. The number of halogens is 1. The Bertz CT molecular complexity index is 954. The monoisotopic (exact) mass is 441 g/mol. The smallest absolute Gasteiger partial charge is 0.174 e. The molecule has 1 atom stereocenters. The number of hydrogen-bond acceptors (Lipinski definition) is 2. The van der Waals surface area contributed by atoms with Crippen LogP contribution in [0.5, 0.6) is 5.75 Å². The summed E-state index contributed by atoms with van der Waals surface area (Å²) in [4.78, 5) is 2.26. The zero-order chi connectivity index (χ0) is 18.8. The first-order valence-electron chi connectivity index (χ1n) is 8.78. The predicted octanol–water partition coefficient (Wildman–Crippen LogP) is 5.06. The van der Waals surface area contributed by atoms with Crippen molar-refractivity contribution in [1.82, 2.24) is 9.47 Å². The summed E-state index contributed by atoms with van der Waals surface area (Å²) < 4.78 is 8.64. The number of benzene rings is 2. The molecule has 1 aliphatic heterocycles. The van der Waals surface area contributed by atoms with Gasteiger partial charge in [-0.25, -0.2) is 0 Å². The van der Waals surface area contributed by atoms with Crippen molar-refractivity contribution in [3.05, 3.63) is 82.6 Å². The highest BCUT2D eigenvalue weighted by Crippen LogP contribution is 2.34. The molecule has 0 saturated carbocycles. The second-order valence-electron chi connectivity index (χ2n) is 6.44. The lowest BCUT2D eigenvalue weighted by Gasteiger charge is -2.39. The molecule has 0 fully saturated rings. The van der Waals surface area contributed by atoms with Gasteiger partial charge in [0, 0.05) is 35.1 Å². The Morgan fingerprint density at radius 3 is 2.67 bits per heavy atom. The number of aromatic nitrogens is 1. The molecule has 0 aliphatic carbocycles. The van der Waals surface area contributed by atoms with E-state index in [0.29, 0.717) is 0 Å². The molecule has 0 radical (unpaired) electrons. The standard InChI is InChI=1S/C21H20BrN3OS/c1-26-18-9-7-15(8-10-18)20-19-6-3-11-24(19)12-13-25(20)21(27)23-17-5-2-4-16(22)14-17/h2-11,14,20H,12-13H2,1H3,(H,23,27)/t20-/m0/s1. The van der Waals surface area contributed by atoms with Crippen LogP contribution in [0, 0.1) is 0 Å². The maximum absolute atomic E-state index is 5.79. The molecule has 2 heterocycles. The average molecular weight is 442 g/mol. The summed E-state index contributed by atoms with van der Waals surface area (Å²) in [6, 6.07) is 20.6. The van der Waals surface area contributed by atoms with E-state index in [2.05, 4.69) is 61.2 Å². The van der Waals surface area contributed by atoms with E-state index < -0.39 is 0 Å². The topological polar surface area (TPSA) is 29.4 Å². The van der Waals surface area contributed by atoms with Crippen LogP contribution in [0.4, 0.5) is 5.69 Å². The molecule has 1 N–H and O–H groups in total. The van der Waals surface area contributed by atoms with E-state index in [1.807, 2.05) is 36.4 Å². The molecule has 1 aromatic heterocycles. The summed E-state index contributed by atoms with van der Waals surface area (Å²) in [5, 5.41) is 4.11. The third-order valence-corrected chi connectivity index (χ3v) is 5.64. The Labute approximate surface area is 172 Å². The number of anilines is 1. The van der Waals surface area contributed by atoms with Crippen LogP contribution in [-0.4, -0.2) is 28.2 Å². The maximum Gasteiger partial charge on any atom is 0.174 e. The van der Waals surface area contributed by atoms with Gasteiger partial charge in [0.1, 0.15) is 5.75 Å². The predicted molar refractivity (Wildman–Crippen MR) is 116 cm³/mol. The van der Waals surface area contributed by atoms with Crippen molar-refractivity contribution in [2.75, 3.05) is 19.0 Å². The zero-order valence-electron chi connectivity index (χ0n) is 14.9. The molecule has 138 valence electrons.